The van der Waals surface area contributed by atoms with Gasteiger partial charge in [0.05, 0.1) is 6.61 Å². The molecule has 0 radical (unpaired) electrons. The minimum absolute atomic E-state index is 0.153. The van der Waals surface area contributed by atoms with Gasteiger partial charge < -0.3 is 15.2 Å². The van der Waals surface area contributed by atoms with E-state index in [1.165, 1.54) is 0 Å². The number of rotatable bonds is 3. The molecule has 1 heterocycles. The average molecular weight is 297 g/mol. The van der Waals surface area contributed by atoms with Gasteiger partial charge in [-0.1, -0.05) is 12.1 Å². The molecule has 3 rings (SSSR count). The quantitative estimate of drug-likeness (QED) is 0.912. The molecule has 5 nitrogen and oxygen atoms in total. The van der Waals surface area contributed by atoms with Gasteiger partial charge in [0.25, 0.3) is 5.91 Å². The first kappa shape index (κ1) is 14.1. The minimum atomic E-state index is -0.998. The van der Waals surface area contributed by atoms with Crippen LogP contribution in [0.25, 0.3) is 11.1 Å². The van der Waals surface area contributed by atoms with Crippen LogP contribution >= 0.6 is 0 Å². The third-order valence-corrected chi connectivity index (χ3v) is 3.72. The summed E-state index contributed by atoms with van der Waals surface area (Å²) in [6.45, 7) is 0.509. The first-order valence-electron chi connectivity index (χ1n) is 6.95. The number of nitrogens with one attached hydrogen (secondary N) is 1. The van der Waals surface area contributed by atoms with Crippen LogP contribution in [0.2, 0.25) is 0 Å². The highest BCUT2D eigenvalue weighted by molar-refractivity contribution is 5.95. The Morgan fingerprint density at radius 2 is 1.86 bits per heavy atom. The Morgan fingerprint density at radius 1 is 1.14 bits per heavy atom. The van der Waals surface area contributed by atoms with Gasteiger partial charge in [-0.2, -0.15) is 0 Å². The summed E-state index contributed by atoms with van der Waals surface area (Å²) in [5, 5.41) is 11.9. The van der Waals surface area contributed by atoms with Crippen LogP contribution in [0, 0.1) is 0 Å². The Balaban J connectivity index is 2.03. The predicted molar refractivity (Wildman–Crippen MR) is 81.4 cm³/mol. The van der Waals surface area contributed by atoms with Crippen LogP contribution in [-0.4, -0.2) is 30.6 Å². The lowest BCUT2D eigenvalue weighted by molar-refractivity contribution is 0.0693. The first-order valence-corrected chi connectivity index (χ1v) is 6.95. The van der Waals surface area contributed by atoms with E-state index in [1.54, 1.807) is 25.2 Å². The zero-order valence-corrected chi connectivity index (χ0v) is 12.1. The first-order chi connectivity index (χ1) is 10.6. The van der Waals surface area contributed by atoms with E-state index in [9.17, 15) is 14.7 Å². The fourth-order valence-electron chi connectivity index (χ4n) is 2.59. The largest absolute Gasteiger partial charge is 0.492 e. The van der Waals surface area contributed by atoms with E-state index >= 15 is 0 Å². The molecule has 0 saturated heterocycles. The van der Waals surface area contributed by atoms with E-state index in [1.807, 2.05) is 18.2 Å². The second-order valence-corrected chi connectivity index (χ2v) is 5.07. The highest BCUT2D eigenvalue weighted by Gasteiger charge is 2.22. The Kier molecular flexibility index (Phi) is 3.55. The summed E-state index contributed by atoms with van der Waals surface area (Å²) >= 11 is 0. The lowest BCUT2D eigenvalue weighted by Gasteiger charge is -2.09. The normalized spacial score (nSPS) is 12.4. The Labute approximate surface area is 127 Å². The number of carbonyl (C=O) groups excluding carboxylic acids is 1. The molecule has 0 aliphatic carbocycles. The van der Waals surface area contributed by atoms with E-state index in [4.69, 9.17) is 4.74 Å². The summed E-state index contributed by atoms with van der Waals surface area (Å²) in [6.07, 6.45) is 0.708. The number of amides is 1. The van der Waals surface area contributed by atoms with Gasteiger partial charge in [0.15, 0.2) is 0 Å². The molecule has 0 unspecified atom stereocenters. The molecule has 5 heteroatoms. The molecule has 1 aliphatic heterocycles. The lowest BCUT2D eigenvalue weighted by Crippen LogP contribution is -2.17. The van der Waals surface area contributed by atoms with E-state index in [0.29, 0.717) is 24.3 Å². The van der Waals surface area contributed by atoms with Gasteiger partial charge in [0.2, 0.25) is 0 Å². The fraction of sp³-hybridized carbons (Fsp3) is 0.176. The van der Waals surface area contributed by atoms with Gasteiger partial charge in [0, 0.05) is 19.0 Å². The standard InChI is InChI=1S/C17H15NO4/c1-18-16(19)11-4-2-10(3-5-11)13-8-12-6-7-22-15(12)14(9-13)17(20)21/h2-5,8-9H,6-7H2,1H3,(H,18,19)(H,20,21). The fourth-order valence-corrected chi connectivity index (χ4v) is 2.59. The zero-order valence-electron chi connectivity index (χ0n) is 12.1. The lowest BCUT2D eigenvalue weighted by atomic mass is 9.97. The van der Waals surface area contributed by atoms with Crippen LogP contribution in [-0.2, 0) is 6.42 Å². The van der Waals surface area contributed by atoms with Gasteiger partial charge in [-0.3, -0.25) is 4.79 Å². The molecule has 0 saturated carbocycles. The second kappa shape index (κ2) is 5.52. The maximum atomic E-state index is 11.6. The molecular weight excluding hydrogens is 282 g/mol. The van der Waals surface area contributed by atoms with Crippen molar-refractivity contribution in [1.29, 1.82) is 0 Å². The number of benzene rings is 2. The number of hydrogen-bond donors (Lipinski definition) is 2. The monoisotopic (exact) mass is 297 g/mol. The van der Waals surface area contributed by atoms with Gasteiger partial charge in [-0.25, -0.2) is 4.79 Å². The summed E-state index contributed by atoms with van der Waals surface area (Å²) in [4.78, 5) is 22.9. The molecule has 1 amide bonds. The maximum Gasteiger partial charge on any atom is 0.339 e. The van der Waals surface area contributed by atoms with Crippen molar-refractivity contribution in [3.8, 4) is 16.9 Å². The molecule has 0 fully saturated rings. The molecule has 0 spiro atoms. The van der Waals surface area contributed by atoms with Crippen molar-refractivity contribution >= 4 is 11.9 Å². The van der Waals surface area contributed by atoms with Crippen molar-refractivity contribution < 1.29 is 19.4 Å². The molecule has 2 aromatic carbocycles. The highest BCUT2D eigenvalue weighted by atomic mass is 16.5. The second-order valence-electron chi connectivity index (χ2n) is 5.07. The van der Waals surface area contributed by atoms with E-state index in [-0.39, 0.29) is 11.5 Å². The third-order valence-electron chi connectivity index (χ3n) is 3.72. The van der Waals surface area contributed by atoms with Crippen LogP contribution in [0.3, 0.4) is 0 Å². The Bertz CT molecular complexity index is 750. The topological polar surface area (TPSA) is 75.6 Å². The van der Waals surface area contributed by atoms with Crippen molar-refractivity contribution in [2.45, 2.75) is 6.42 Å². The van der Waals surface area contributed by atoms with E-state index < -0.39 is 5.97 Å². The van der Waals surface area contributed by atoms with Gasteiger partial charge >= 0.3 is 5.97 Å². The molecule has 0 aromatic heterocycles. The van der Waals surface area contributed by atoms with E-state index in [0.717, 1.165) is 16.7 Å². The number of ether oxygens (including phenoxy) is 1. The number of aromatic carboxylic acids is 1. The van der Waals surface area contributed by atoms with Crippen molar-refractivity contribution in [3.63, 3.8) is 0 Å². The minimum Gasteiger partial charge on any atom is -0.492 e. The highest BCUT2D eigenvalue weighted by Crippen LogP contribution is 2.34. The molecule has 112 valence electrons. The van der Waals surface area contributed by atoms with Crippen molar-refractivity contribution in [3.05, 3.63) is 53.1 Å². The van der Waals surface area contributed by atoms with Crippen molar-refractivity contribution in [1.82, 2.24) is 5.32 Å². The van der Waals surface area contributed by atoms with E-state index in [2.05, 4.69) is 5.32 Å². The maximum absolute atomic E-state index is 11.6. The van der Waals surface area contributed by atoms with Crippen LogP contribution in [0.5, 0.6) is 5.75 Å². The number of carboxylic acid groups (broad SMARTS) is 1. The summed E-state index contributed by atoms with van der Waals surface area (Å²) in [5.74, 6) is -0.680. The van der Waals surface area contributed by atoms with Gasteiger partial charge in [-0.05, 0) is 41.0 Å². The van der Waals surface area contributed by atoms with Crippen LogP contribution in [0.4, 0.5) is 0 Å². The number of carboxylic acids is 1. The third kappa shape index (κ3) is 2.41. The summed E-state index contributed by atoms with van der Waals surface area (Å²) in [7, 11) is 1.58. The molecule has 2 aromatic rings. The average Bonchev–Trinajstić information content (AvgIpc) is 3.01. The summed E-state index contributed by atoms with van der Waals surface area (Å²) < 4.78 is 5.41. The van der Waals surface area contributed by atoms with Gasteiger partial charge in [-0.15, -0.1) is 0 Å². The number of carbonyl (C=O) groups is 2. The predicted octanol–water partition coefficient (Wildman–Crippen LogP) is 2.35. The smallest absolute Gasteiger partial charge is 0.339 e. The van der Waals surface area contributed by atoms with Crippen LogP contribution < -0.4 is 10.1 Å². The number of hydrogen-bond acceptors (Lipinski definition) is 3. The van der Waals surface area contributed by atoms with Gasteiger partial charge in [0.1, 0.15) is 11.3 Å². The van der Waals surface area contributed by atoms with Crippen molar-refractivity contribution in [2.24, 2.45) is 0 Å². The SMILES string of the molecule is CNC(=O)c1ccc(-c2cc3c(c(C(=O)O)c2)OCC3)cc1. The molecular formula is C17H15NO4. The summed E-state index contributed by atoms with van der Waals surface area (Å²) in [5.41, 5.74) is 3.33. The van der Waals surface area contributed by atoms with Crippen LogP contribution in [0.15, 0.2) is 36.4 Å². The summed E-state index contributed by atoms with van der Waals surface area (Å²) in [6, 6.07) is 10.6. The van der Waals surface area contributed by atoms with Crippen molar-refractivity contribution in [2.75, 3.05) is 13.7 Å². The molecule has 22 heavy (non-hydrogen) atoms. The zero-order chi connectivity index (χ0) is 15.7. The van der Waals surface area contributed by atoms with Crippen LogP contribution in [0.1, 0.15) is 26.3 Å². The molecule has 2 N–H and O–H groups in total. The molecule has 1 aliphatic rings. The Hall–Kier alpha value is -2.82. The number of fused-ring (bicyclic) bond motifs is 1. The molecule has 0 atom stereocenters. The Morgan fingerprint density at radius 3 is 2.50 bits per heavy atom. The molecule has 0 bridgehead atoms.